The molecule has 1 aliphatic carbocycles. The molecule has 0 atom stereocenters. The summed E-state index contributed by atoms with van der Waals surface area (Å²) in [6, 6.07) is 45.4. The molecule has 3 nitrogen and oxygen atoms in total. The van der Waals surface area contributed by atoms with Crippen molar-refractivity contribution in [2.45, 2.75) is 0 Å². The Balaban J connectivity index is 1.17. The van der Waals surface area contributed by atoms with Crippen LogP contribution in [0.3, 0.4) is 0 Å². The Morgan fingerprint density at radius 1 is 0.489 bits per heavy atom. The van der Waals surface area contributed by atoms with Crippen LogP contribution < -0.4 is 4.90 Å². The molecular weight excluding hydrogens is 550 g/mol. The number of fused-ring (bicyclic) bond motifs is 7. The molecule has 9 rings (SSSR count). The minimum Gasteiger partial charge on any atom is -0.309 e. The molecule has 0 N–H and O–H groups in total. The van der Waals surface area contributed by atoms with Gasteiger partial charge in [0.2, 0.25) is 0 Å². The number of Topliss-reactive ketones (excluding diaryl/α,β-unsaturated/α-hetero) is 2. The number of benzene rings is 7. The summed E-state index contributed by atoms with van der Waals surface area (Å²) in [5, 5.41) is 6.45. The maximum absolute atomic E-state index is 13.4. The fraction of sp³-hybridized carbons (Fsp3) is 0. The van der Waals surface area contributed by atoms with Crippen molar-refractivity contribution in [3.05, 3.63) is 167 Å². The molecule has 0 aromatic heterocycles. The highest BCUT2D eigenvalue weighted by Gasteiger charge is 2.33. The van der Waals surface area contributed by atoms with Gasteiger partial charge >= 0.3 is 0 Å². The van der Waals surface area contributed by atoms with Gasteiger partial charge in [0.1, 0.15) is 0 Å². The third kappa shape index (κ3) is 3.98. The molecule has 0 saturated carbocycles. The minimum atomic E-state index is -0.214. The molecule has 2 aliphatic rings. The van der Waals surface area contributed by atoms with Crippen molar-refractivity contribution in [1.82, 2.24) is 0 Å². The molecule has 1 aliphatic heterocycles. The first kappa shape index (κ1) is 25.4. The van der Waals surface area contributed by atoms with Gasteiger partial charge in [-0.3, -0.25) is 9.59 Å². The molecule has 210 valence electrons. The van der Waals surface area contributed by atoms with Crippen molar-refractivity contribution < 1.29 is 9.59 Å². The van der Waals surface area contributed by atoms with E-state index in [2.05, 4.69) is 102 Å². The van der Waals surface area contributed by atoms with E-state index in [9.17, 15) is 9.59 Å². The maximum atomic E-state index is 13.4. The zero-order chi connectivity index (χ0) is 30.1. The molecule has 45 heavy (non-hydrogen) atoms. The van der Waals surface area contributed by atoms with E-state index < -0.39 is 0 Å². The largest absolute Gasteiger partial charge is 0.309 e. The van der Waals surface area contributed by atoms with Gasteiger partial charge in [-0.05, 0) is 98.1 Å². The molecule has 0 amide bonds. The topological polar surface area (TPSA) is 37.4 Å². The molecule has 0 saturated heterocycles. The van der Waals surface area contributed by atoms with Gasteiger partial charge in [0, 0.05) is 22.4 Å². The van der Waals surface area contributed by atoms with Crippen LogP contribution in [0, 0.1) is 0 Å². The number of nitrogens with zero attached hydrogens (tertiary/aromatic N) is 1. The molecule has 0 spiro atoms. The van der Waals surface area contributed by atoms with Crippen LogP contribution in [-0.4, -0.2) is 11.6 Å². The molecule has 7 aromatic carbocycles. The predicted octanol–water partition coefficient (Wildman–Crippen LogP) is 10.6. The van der Waals surface area contributed by atoms with Crippen molar-refractivity contribution in [3.63, 3.8) is 0 Å². The summed E-state index contributed by atoms with van der Waals surface area (Å²) in [7, 11) is 0. The normalized spacial score (nSPS) is 13.7. The van der Waals surface area contributed by atoms with Crippen LogP contribution in [0.15, 0.2) is 139 Å². The number of carbonyl (C=O) groups excluding carboxylic acids is 2. The van der Waals surface area contributed by atoms with E-state index in [1.165, 1.54) is 10.8 Å². The van der Waals surface area contributed by atoms with Gasteiger partial charge in [-0.2, -0.15) is 0 Å². The van der Waals surface area contributed by atoms with Gasteiger partial charge in [-0.1, -0.05) is 97.1 Å². The number of anilines is 3. The lowest BCUT2D eigenvalue weighted by atomic mass is 9.98. The van der Waals surface area contributed by atoms with Crippen LogP contribution >= 0.6 is 0 Å². The number of carbonyl (C=O) groups is 2. The summed E-state index contributed by atoms with van der Waals surface area (Å²) in [5.74, 6) is -0.427. The Morgan fingerprint density at radius 2 is 1.11 bits per heavy atom. The third-order valence-corrected chi connectivity index (χ3v) is 9.06. The monoisotopic (exact) mass is 575 g/mol. The smallest absolute Gasteiger partial charge is 0.197 e. The van der Waals surface area contributed by atoms with E-state index in [4.69, 9.17) is 0 Å². The molecule has 0 radical (unpaired) electrons. The van der Waals surface area contributed by atoms with Crippen molar-refractivity contribution >= 4 is 79.2 Å². The van der Waals surface area contributed by atoms with Crippen molar-refractivity contribution in [2.24, 2.45) is 0 Å². The lowest BCUT2D eigenvalue weighted by Crippen LogP contribution is -2.11. The Kier molecular flexibility index (Phi) is 5.50. The average Bonchev–Trinajstić information content (AvgIpc) is 3.20. The van der Waals surface area contributed by atoms with Gasteiger partial charge in [0.05, 0.1) is 16.9 Å². The number of hydrogen-bond donors (Lipinski definition) is 0. The Hall–Kier alpha value is -6.06. The van der Waals surface area contributed by atoms with Gasteiger partial charge in [-0.15, -0.1) is 0 Å². The van der Waals surface area contributed by atoms with Crippen LogP contribution in [0.4, 0.5) is 17.1 Å². The van der Waals surface area contributed by atoms with Gasteiger partial charge in [0.25, 0.3) is 0 Å². The van der Waals surface area contributed by atoms with Crippen LogP contribution in [-0.2, 0) is 0 Å². The molecule has 0 unspecified atom stereocenters. The van der Waals surface area contributed by atoms with Crippen molar-refractivity contribution in [3.8, 4) is 0 Å². The third-order valence-electron chi connectivity index (χ3n) is 9.06. The van der Waals surface area contributed by atoms with E-state index >= 15 is 0 Å². The summed E-state index contributed by atoms with van der Waals surface area (Å²) >= 11 is 0. The van der Waals surface area contributed by atoms with Crippen LogP contribution in [0.1, 0.15) is 37.4 Å². The SMILES string of the molecule is O=C1C(=Cc2ccc3c4c(ccc3c2)N(c2ccccc2)c2cc3ccccc3cc2C=C4)C(=O)c2cc3ccccc3cc21. The van der Waals surface area contributed by atoms with E-state index in [-0.39, 0.29) is 17.1 Å². The zero-order valence-corrected chi connectivity index (χ0v) is 24.2. The first-order valence-corrected chi connectivity index (χ1v) is 15.1. The second kappa shape index (κ2) is 9.73. The number of rotatable bonds is 2. The summed E-state index contributed by atoms with van der Waals surface area (Å²) in [6.07, 6.45) is 6.15. The number of hydrogen-bond acceptors (Lipinski definition) is 3. The van der Waals surface area contributed by atoms with Gasteiger partial charge in [-0.25, -0.2) is 0 Å². The van der Waals surface area contributed by atoms with E-state index in [0.717, 1.165) is 55.3 Å². The fourth-order valence-corrected chi connectivity index (χ4v) is 6.86. The molecular formula is C42H25NO2. The molecule has 3 heteroatoms. The van der Waals surface area contributed by atoms with E-state index in [0.29, 0.717) is 11.1 Å². The highest BCUT2D eigenvalue weighted by Crippen LogP contribution is 2.45. The summed E-state index contributed by atoms with van der Waals surface area (Å²) in [5.41, 5.74) is 7.57. The first-order chi connectivity index (χ1) is 22.1. The van der Waals surface area contributed by atoms with Crippen LogP contribution in [0.5, 0.6) is 0 Å². The Morgan fingerprint density at radius 3 is 1.80 bits per heavy atom. The number of allylic oxidation sites excluding steroid dienone is 1. The lowest BCUT2D eigenvalue weighted by Gasteiger charge is -2.28. The van der Waals surface area contributed by atoms with Gasteiger partial charge < -0.3 is 4.90 Å². The fourth-order valence-electron chi connectivity index (χ4n) is 6.86. The zero-order valence-electron chi connectivity index (χ0n) is 24.2. The van der Waals surface area contributed by atoms with E-state index in [1.54, 1.807) is 6.08 Å². The number of ketones is 2. The van der Waals surface area contributed by atoms with Crippen molar-refractivity contribution in [2.75, 3.05) is 4.90 Å². The highest BCUT2D eigenvalue weighted by atomic mass is 16.2. The molecule has 0 fully saturated rings. The molecule has 7 aromatic rings. The lowest BCUT2D eigenvalue weighted by molar-refractivity contribution is 0.0990. The average molecular weight is 576 g/mol. The summed E-state index contributed by atoms with van der Waals surface area (Å²) < 4.78 is 0. The highest BCUT2D eigenvalue weighted by molar-refractivity contribution is 6.42. The van der Waals surface area contributed by atoms with Crippen LogP contribution in [0.25, 0.3) is 50.5 Å². The number of para-hydroxylation sites is 1. The summed E-state index contributed by atoms with van der Waals surface area (Å²) in [6.45, 7) is 0. The Bertz CT molecular complexity index is 2410. The molecule has 0 bridgehead atoms. The van der Waals surface area contributed by atoms with Gasteiger partial charge in [0.15, 0.2) is 11.6 Å². The Labute approximate surface area is 260 Å². The van der Waals surface area contributed by atoms with Crippen molar-refractivity contribution in [1.29, 1.82) is 0 Å². The standard InChI is InChI=1S/C42H25NO2/c44-41-36-23-28-9-5-6-10-29(28)24-37(36)42(45)38(41)21-26-14-17-34-31(20-26)16-19-39-35(34)18-15-32-22-27-8-4-7-11-30(27)25-40(32)43(39)33-12-2-1-3-13-33/h1-25H. The predicted molar refractivity (Wildman–Crippen MR) is 186 cm³/mol. The second-order valence-electron chi connectivity index (χ2n) is 11.7. The van der Waals surface area contributed by atoms with Crippen LogP contribution in [0.2, 0.25) is 0 Å². The maximum Gasteiger partial charge on any atom is 0.197 e. The first-order valence-electron chi connectivity index (χ1n) is 15.1. The van der Waals surface area contributed by atoms with E-state index in [1.807, 2.05) is 48.5 Å². The molecule has 1 heterocycles. The second-order valence-corrected chi connectivity index (χ2v) is 11.7. The summed E-state index contributed by atoms with van der Waals surface area (Å²) in [4.78, 5) is 29.2. The quantitative estimate of drug-likeness (QED) is 0.152. The minimum absolute atomic E-state index is 0.214.